The van der Waals surface area contributed by atoms with Crippen molar-refractivity contribution in [2.45, 2.75) is 46.1 Å². The van der Waals surface area contributed by atoms with Crippen LogP contribution in [0.25, 0.3) is 0 Å². The van der Waals surface area contributed by atoms with Gasteiger partial charge < -0.3 is 15.5 Å². The molecule has 1 aromatic carbocycles. The van der Waals surface area contributed by atoms with Crippen molar-refractivity contribution < 1.29 is 14.5 Å². The predicted molar refractivity (Wildman–Crippen MR) is 104 cm³/mol. The fourth-order valence-corrected chi connectivity index (χ4v) is 3.09. The Morgan fingerprint density at radius 1 is 1.33 bits per heavy atom. The Labute approximate surface area is 159 Å². The van der Waals surface area contributed by atoms with Gasteiger partial charge in [-0.1, -0.05) is 13.8 Å². The van der Waals surface area contributed by atoms with E-state index < -0.39 is 16.9 Å². The van der Waals surface area contributed by atoms with Gasteiger partial charge in [-0.25, -0.2) is 0 Å². The van der Waals surface area contributed by atoms with Crippen molar-refractivity contribution in [1.29, 1.82) is 0 Å². The zero-order valence-electron chi connectivity index (χ0n) is 16.2. The number of nitro groups is 1. The minimum atomic E-state index is -0.724. The van der Waals surface area contributed by atoms with Gasteiger partial charge in [0.05, 0.1) is 16.2 Å². The zero-order chi connectivity index (χ0) is 20.0. The Kier molecular flexibility index (Phi) is 7.15. The van der Waals surface area contributed by atoms with E-state index in [2.05, 4.69) is 22.5 Å². The van der Waals surface area contributed by atoms with Crippen molar-refractivity contribution in [2.75, 3.05) is 24.5 Å². The molecule has 2 rings (SSSR count). The van der Waals surface area contributed by atoms with Crippen LogP contribution in [0.5, 0.6) is 0 Å². The summed E-state index contributed by atoms with van der Waals surface area (Å²) in [6.07, 6.45) is 2.82. The standard InChI is InChI=1S/C19H28N4O4/c1-4-9-20-18(24)14(3)21-19(25)16-12-15(23(26)27)5-6-17(16)22-10-7-13(2)8-11-22/h5-6,12-14H,4,7-11H2,1-3H3,(H,20,24)(H,21,25)/t14-/m1/s1. The first-order valence-electron chi connectivity index (χ1n) is 9.45. The highest BCUT2D eigenvalue weighted by Crippen LogP contribution is 2.29. The summed E-state index contributed by atoms with van der Waals surface area (Å²) >= 11 is 0. The number of hydrogen-bond donors (Lipinski definition) is 2. The van der Waals surface area contributed by atoms with Crippen LogP contribution in [0, 0.1) is 16.0 Å². The Balaban J connectivity index is 2.23. The number of non-ortho nitro benzene ring substituents is 1. The second-order valence-electron chi connectivity index (χ2n) is 7.11. The van der Waals surface area contributed by atoms with Gasteiger partial charge >= 0.3 is 0 Å². The number of nitrogens with zero attached hydrogens (tertiary/aromatic N) is 2. The van der Waals surface area contributed by atoms with Crippen LogP contribution in [0.2, 0.25) is 0 Å². The molecule has 1 heterocycles. The van der Waals surface area contributed by atoms with E-state index in [1.54, 1.807) is 13.0 Å². The van der Waals surface area contributed by atoms with E-state index in [0.717, 1.165) is 32.4 Å². The lowest BCUT2D eigenvalue weighted by Gasteiger charge is -2.33. The number of carbonyl (C=O) groups is 2. The highest BCUT2D eigenvalue weighted by atomic mass is 16.6. The molecule has 0 aliphatic carbocycles. The van der Waals surface area contributed by atoms with Crippen LogP contribution in [0.3, 0.4) is 0 Å². The highest BCUT2D eigenvalue weighted by molar-refractivity contribution is 6.02. The van der Waals surface area contributed by atoms with Crippen molar-refractivity contribution in [2.24, 2.45) is 5.92 Å². The summed E-state index contributed by atoms with van der Waals surface area (Å²) in [6, 6.07) is 3.61. The molecule has 0 spiro atoms. The largest absolute Gasteiger partial charge is 0.371 e. The zero-order valence-corrected chi connectivity index (χ0v) is 16.2. The van der Waals surface area contributed by atoms with E-state index >= 15 is 0 Å². The van der Waals surface area contributed by atoms with Crippen LogP contribution < -0.4 is 15.5 Å². The average Bonchev–Trinajstić information content (AvgIpc) is 2.66. The van der Waals surface area contributed by atoms with E-state index in [4.69, 9.17) is 0 Å². The van der Waals surface area contributed by atoms with E-state index in [0.29, 0.717) is 18.2 Å². The molecule has 148 valence electrons. The molecule has 2 N–H and O–H groups in total. The number of rotatable bonds is 7. The van der Waals surface area contributed by atoms with Crippen LogP contribution in [0.15, 0.2) is 18.2 Å². The summed E-state index contributed by atoms with van der Waals surface area (Å²) in [7, 11) is 0. The predicted octanol–water partition coefficient (Wildman–Crippen LogP) is 2.48. The van der Waals surface area contributed by atoms with Gasteiger partial charge in [0.15, 0.2) is 0 Å². The number of amides is 2. The van der Waals surface area contributed by atoms with Crippen LogP contribution in [0.1, 0.15) is 50.4 Å². The van der Waals surface area contributed by atoms with Crippen LogP contribution in [-0.4, -0.2) is 42.4 Å². The monoisotopic (exact) mass is 376 g/mol. The molecule has 0 aromatic heterocycles. The summed E-state index contributed by atoms with van der Waals surface area (Å²) in [5, 5.41) is 16.5. The van der Waals surface area contributed by atoms with Crippen molar-refractivity contribution in [3.8, 4) is 0 Å². The summed E-state index contributed by atoms with van der Waals surface area (Å²) in [6.45, 7) is 7.86. The average molecular weight is 376 g/mol. The highest BCUT2D eigenvalue weighted by Gasteiger charge is 2.25. The third kappa shape index (κ3) is 5.42. The number of carbonyl (C=O) groups excluding carboxylic acids is 2. The van der Waals surface area contributed by atoms with Gasteiger partial charge in [0, 0.05) is 31.8 Å². The molecule has 0 unspecified atom stereocenters. The minimum absolute atomic E-state index is 0.141. The second kappa shape index (κ2) is 9.34. The second-order valence-corrected chi connectivity index (χ2v) is 7.11. The fourth-order valence-electron chi connectivity index (χ4n) is 3.09. The fraction of sp³-hybridized carbons (Fsp3) is 0.579. The molecule has 1 aliphatic rings. The molecular formula is C19H28N4O4. The number of nitrogens with one attached hydrogen (secondary N) is 2. The van der Waals surface area contributed by atoms with Gasteiger partial charge in [-0.3, -0.25) is 19.7 Å². The topological polar surface area (TPSA) is 105 Å². The summed E-state index contributed by atoms with van der Waals surface area (Å²) < 4.78 is 0. The molecule has 0 radical (unpaired) electrons. The first kappa shape index (κ1) is 20.7. The lowest BCUT2D eigenvalue weighted by Crippen LogP contribution is -2.45. The maximum atomic E-state index is 12.8. The van der Waals surface area contributed by atoms with Gasteiger partial charge in [0.2, 0.25) is 5.91 Å². The molecule has 1 aromatic rings. The van der Waals surface area contributed by atoms with Crippen LogP contribution in [-0.2, 0) is 4.79 Å². The first-order chi connectivity index (χ1) is 12.8. The van der Waals surface area contributed by atoms with Gasteiger partial charge in [0.25, 0.3) is 11.6 Å². The number of benzene rings is 1. The summed E-state index contributed by atoms with van der Waals surface area (Å²) in [5.74, 6) is -0.130. The third-order valence-corrected chi connectivity index (χ3v) is 4.85. The molecule has 27 heavy (non-hydrogen) atoms. The first-order valence-corrected chi connectivity index (χ1v) is 9.45. The number of nitro benzene ring substituents is 1. The Bertz CT molecular complexity index is 699. The van der Waals surface area contributed by atoms with Crippen molar-refractivity contribution in [3.05, 3.63) is 33.9 Å². The SMILES string of the molecule is CCCNC(=O)[C@@H](C)NC(=O)c1cc([N+](=O)[O-])ccc1N1CCC(C)CC1. The molecule has 8 nitrogen and oxygen atoms in total. The Morgan fingerprint density at radius 3 is 2.59 bits per heavy atom. The summed E-state index contributed by atoms with van der Waals surface area (Å²) in [5.41, 5.74) is 0.762. The normalized spacial score (nSPS) is 15.9. The van der Waals surface area contributed by atoms with E-state index in [1.807, 2.05) is 6.92 Å². The number of piperidine rings is 1. The molecule has 0 saturated carbocycles. The number of anilines is 1. The van der Waals surface area contributed by atoms with Gasteiger partial charge in [-0.05, 0) is 38.2 Å². The van der Waals surface area contributed by atoms with E-state index in [-0.39, 0.29) is 17.2 Å². The molecule has 1 fully saturated rings. The molecule has 1 saturated heterocycles. The maximum Gasteiger partial charge on any atom is 0.270 e. The maximum absolute atomic E-state index is 12.8. The lowest BCUT2D eigenvalue weighted by atomic mass is 9.97. The lowest BCUT2D eigenvalue weighted by molar-refractivity contribution is -0.384. The van der Waals surface area contributed by atoms with Gasteiger partial charge in [-0.15, -0.1) is 0 Å². The molecule has 8 heteroatoms. The molecule has 1 aliphatic heterocycles. The Hall–Kier alpha value is -2.64. The third-order valence-electron chi connectivity index (χ3n) is 4.85. The van der Waals surface area contributed by atoms with Crippen molar-refractivity contribution >= 4 is 23.2 Å². The quantitative estimate of drug-likeness (QED) is 0.562. The van der Waals surface area contributed by atoms with Crippen molar-refractivity contribution in [1.82, 2.24) is 10.6 Å². The van der Waals surface area contributed by atoms with E-state index in [1.165, 1.54) is 12.1 Å². The molecule has 0 bridgehead atoms. The van der Waals surface area contributed by atoms with Crippen LogP contribution in [0.4, 0.5) is 11.4 Å². The Morgan fingerprint density at radius 2 is 2.00 bits per heavy atom. The van der Waals surface area contributed by atoms with Gasteiger partial charge in [-0.2, -0.15) is 0 Å². The molecular weight excluding hydrogens is 348 g/mol. The summed E-state index contributed by atoms with van der Waals surface area (Å²) in [4.78, 5) is 37.5. The van der Waals surface area contributed by atoms with Crippen molar-refractivity contribution in [3.63, 3.8) is 0 Å². The smallest absolute Gasteiger partial charge is 0.270 e. The molecule has 2 amide bonds. The van der Waals surface area contributed by atoms with Gasteiger partial charge in [0.1, 0.15) is 6.04 Å². The molecule has 1 atom stereocenters. The van der Waals surface area contributed by atoms with E-state index in [9.17, 15) is 19.7 Å². The minimum Gasteiger partial charge on any atom is -0.371 e. The number of hydrogen-bond acceptors (Lipinski definition) is 5. The van der Waals surface area contributed by atoms with Crippen LogP contribution >= 0.6 is 0 Å².